The van der Waals surface area contributed by atoms with Crippen LogP contribution in [0.5, 0.6) is 0 Å². The molecule has 0 saturated carbocycles. The lowest BCUT2D eigenvalue weighted by molar-refractivity contribution is 0.277. The van der Waals surface area contributed by atoms with Crippen LogP contribution < -0.4 is 10.6 Å². The molecular formula is C24H24Cl2N4O. The van der Waals surface area contributed by atoms with Crippen LogP contribution in [-0.2, 0) is 19.4 Å². The second-order valence-electron chi connectivity index (χ2n) is 7.36. The lowest BCUT2D eigenvalue weighted by Crippen LogP contribution is -2.06. The van der Waals surface area contributed by atoms with Gasteiger partial charge in [0.1, 0.15) is 0 Å². The Morgan fingerprint density at radius 3 is 2.58 bits per heavy atom. The van der Waals surface area contributed by atoms with Gasteiger partial charge >= 0.3 is 0 Å². The lowest BCUT2D eigenvalue weighted by Gasteiger charge is -2.14. The minimum atomic E-state index is -0.115. The summed E-state index contributed by atoms with van der Waals surface area (Å²) >= 11 is 13.0. The fourth-order valence-corrected chi connectivity index (χ4v) is 4.23. The first-order valence-corrected chi connectivity index (χ1v) is 11.0. The molecule has 160 valence electrons. The van der Waals surface area contributed by atoms with Crippen LogP contribution in [0.15, 0.2) is 54.9 Å². The molecule has 0 spiro atoms. The zero-order valence-corrected chi connectivity index (χ0v) is 18.7. The molecule has 4 rings (SSSR count). The van der Waals surface area contributed by atoms with Gasteiger partial charge in [-0.2, -0.15) is 0 Å². The fraction of sp³-hybridized carbons (Fsp3) is 0.208. The Morgan fingerprint density at radius 2 is 1.84 bits per heavy atom. The van der Waals surface area contributed by atoms with E-state index in [0.29, 0.717) is 28.0 Å². The highest BCUT2D eigenvalue weighted by atomic mass is 35.5. The van der Waals surface area contributed by atoms with Crippen molar-refractivity contribution < 1.29 is 5.11 Å². The summed E-state index contributed by atoms with van der Waals surface area (Å²) in [6.07, 6.45) is 5.58. The van der Waals surface area contributed by atoms with Gasteiger partial charge in [0.15, 0.2) is 0 Å². The largest absolute Gasteiger partial charge is 0.390 e. The van der Waals surface area contributed by atoms with E-state index in [2.05, 4.69) is 51.9 Å². The molecule has 4 N–H and O–H groups in total. The van der Waals surface area contributed by atoms with Gasteiger partial charge in [-0.15, -0.1) is 0 Å². The molecule has 31 heavy (non-hydrogen) atoms. The number of H-pyrrole nitrogens is 1. The molecule has 0 bridgehead atoms. The molecule has 0 radical (unpaired) electrons. The van der Waals surface area contributed by atoms with Crippen molar-refractivity contribution in [2.45, 2.75) is 26.4 Å². The smallest absolute Gasteiger partial charge is 0.0853 e. The predicted molar refractivity (Wildman–Crippen MR) is 130 cm³/mol. The van der Waals surface area contributed by atoms with Crippen molar-refractivity contribution in [3.63, 3.8) is 0 Å². The van der Waals surface area contributed by atoms with E-state index in [1.165, 1.54) is 22.0 Å². The van der Waals surface area contributed by atoms with Gasteiger partial charge in [-0.1, -0.05) is 42.3 Å². The van der Waals surface area contributed by atoms with Gasteiger partial charge in [0.05, 0.1) is 28.0 Å². The zero-order chi connectivity index (χ0) is 21.8. The molecule has 0 amide bonds. The molecule has 2 aromatic heterocycles. The third kappa shape index (κ3) is 4.96. The number of aromatic amines is 1. The van der Waals surface area contributed by atoms with E-state index >= 15 is 0 Å². The minimum Gasteiger partial charge on any atom is -0.390 e. The van der Waals surface area contributed by atoms with Gasteiger partial charge in [0.2, 0.25) is 0 Å². The average molecular weight is 455 g/mol. The molecular weight excluding hydrogens is 431 g/mol. The summed E-state index contributed by atoms with van der Waals surface area (Å²) in [6.45, 7) is 2.75. The lowest BCUT2D eigenvalue weighted by atomic mass is 10.1. The highest BCUT2D eigenvalue weighted by molar-refractivity contribution is 6.39. The topological polar surface area (TPSA) is 73.0 Å². The number of rotatable bonds is 8. The number of nitrogens with one attached hydrogen (secondary N) is 3. The Morgan fingerprint density at radius 1 is 1.03 bits per heavy atom. The number of hydrogen-bond donors (Lipinski definition) is 4. The summed E-state index contributed by atoms with van der Waals surface area (Å²) < 4.78 is 0. The molecule has 4 aromatic rings. The van der Waals surface area contributed by atoms with Crippen LogP contribution in [0.3, 0.4) is 0 Å². The quantitative estimate of drug-likeness (QED) is 0.251. The number of fused-ring (bicyclic) bond motifs is 1. The fourth-order valence-electron chi connectivity index (χ4n) is 3.61. The van der Waals surface area contributed by atoms with Gasteiger partial charge in [0.25, 0.3) is 0 Å². The number of aromatic nitrogens is 2. The molecule has 0 fully saturated rings. The van der Waals surface area contributed by atoms with Crippen molar-refractivity contribution in [2.75, 3.05) is 17.2 Å². The van der Waals surface area contributed by atoms with Crippen LogP contribution in [0, 0.1) is 0 Å². The molecule has 0 aliphatic carbocycles. The first kappa shape index (κ1) is 21.5. The van der Waals surface area contributed by atoms with Crippen molar-refractivity contribution in [1.82, 2.24) is 9.97 Å². The number of aliphatic hydroxyl groups excluding tert-OH is 1. The van der Waals surface area contributed by atoms with Gasteiger partial charge in [0, 0.05) is 41.2 Å². The SMILES string of the molecule is CCc1ccc2c(CCNc3c(Cl)cc(Nc4ccnc(CO)c4)cc3Cl)c[nH]c2c1. The highest BCUT2D eigenvalue weighted by Gasteiger charge is 2.10. The standard InChI is InChI=1S/C24H24Cl2N4O/c1-2-15-3-4-20-16(13-29-23(20)9-15)5-7-28-24-21(25)11-18(12-22(24)26)30-17-6-8-27-19(10-17)14-31/h3-4,6,8-13,28-29,31H,2,5,7,14H2,1H3,(H,27,30). The molecule has 0 atom stereocenters. The Bertz CT molecular complexity index is 1180. The number of nitrogens with zero attached hydrogens (tertiary/aromatic N) is 1. The normalized spacial score (nSPS) is 11.1. The van der Waals surface area contributed by atoms with E-state index < -0.39 is 0 Å². The third-order valence-corrected chi connectivity index (χ3v) is 5.84. The zero-order valence-electron chi connectivity index (χ0n) is 17.2. The maximum atomic E-state index is 9.24. The van der Waals surface area contributed by atoms with Crippen LogP contribution in [0.25, 0.3) is 10.9 Å². The number of halogens is 2. The summed E-state index contributed by atoms with van der Waals surface area (Å²) in [5.41, 5.74) is 6.62. The number of anilines is 3. The number of benzene rings is 2. The van der Waals surface area contributed by atoms with Crippen LogP contribution in [-0.4, -0.2) is 21.6 Å². The van der Waals surface area contributed by atoms with Crippen LogP contribution in [0.2, 0.25) is 10.0 Å². The third-order valence-electron chi connectivity index (χ3n) is 5.25. The first-order valence-electron chi connectivity index (χ1n) is 10.2. The number of pyridine rings is 1. The summed E-state index contributed by atoms with van der Waals surface area (Å²) in [4.78, 5) is 7.44. The van der Waals surface area contributed by atoms with E-state index in [1.54, 1.807) is 12.3 Å². The van der Waals surface area contributed by atoms with Gasteiger partial charge < -0.3 is 20.7 Å². The molecule has 5 nitrogen and oxygen atoms in total. The average Bonchev–Trinajstić information content (AvgIpc) is 3.17. The predicted octanol–water partition coefficient (Wildman–Crippen LogP) is 6.32. The van der Waals surface area contributed by atoms with E-state index in [-0.39, 0.29) is 6.61 Å². The van der Waals surface area contributed by atoms with E-state index in [0.717, 1.165) is 24.2 Å². The van der Waals surface area contributed by atoms with Crippen LogP contribution >= 0.6 is 23.2 Å². The van der Waals surface area contributed by atoms with Crippen molar-refractivity contribution in [3.05, 3.63) is 81.7 Å². The molecule has 2 aromatic carbocycles. The monoisotopic (exact) mass is 454 g/mol. The second kappa shape index (κ2) is 9.60. The number of aliphatic hydroxyl groups is 1. The maximum Gasteiger partial charge on any atom is 0.0853 e. The van der Waals surface area contributed by atoms with E-state index in [4.69, 9.17) is 23.2 Å². The molecule has 0 unspecified atom stereocenters. The Labute approximate surface area is 191 Å². The molecule has 0 saturated heterocycles. The van der Waals surface area contributed by atoms with E-state index in [9.17, 15) is 5.11 Å². The van der Waals surface area contributed by atoms with Gasteiger partial charge in [-0.05, 0) is 54.3 Å². The second-order valence-corrected chi connectivity index (χ2v) is 8.17. The van der Waals surface area contributed by atoms with E-state index in [1.807, 2.05) is 18.2 Å². The number of aryl methyl sites for hydroxylation is 1. The molecule has 7 heteroatoms. The Kier molecular flexibility index (Phi) is 6.66. The minimum absolute atomic E-state index is 0.115. The number of hydrogen-bond acceptors (Lipinski definition) is 4. The summed E-state index contributed by atoms with van der Waals surface area (Å²) in [6, 6.07) is 13.8. The first-order chi connectivity index (χ1) is 15.1. The Balaban J connectivity index is 1.43. The molecule has 0 aliphatic heterocycles. The molecule has 2 heterocycles. The maximum absolute atomic E-state index is 9.24. The van der Waals surface area contributed by atoms with Crippen molar-refractivity contribution in [1.29, 1.82) is 0 Å². The van der Waals surface area contributed by atoms with Crippen LogP contribution in [0.1, 0.15) is 23.7 Å². The highest BCUT2D eigenvalue weighted by Crippen LogP contribution is 2.35. The van der Waals surface area contributed by atoms with Crippen molar-refractivity contribution in [2.24, 2.45) is 0 Å². The Hall–Kier alpha value is -2.73. The van der Waals surface area contributed by atoms with Gasteiger partial charge in [-0.25, -0.2) is 0 Å². The van der Waals surface area contributed by atoms with Crippen molar-refractivity contribution >= 4 is 51.2 Å². The van der Waals surface area contributed by atoms with Crippen LogP contribution in [0.4, 0.5) is 17.1 Å². The molecule has 0 aliphatic rings. The summed E-state index contributed by atoms with van der Waals surface area (Å²) in [7, 11) is 0. The summed E-state index contributed by atoms with van der Waals surface area (Å²) in [5.74, 6) is 0. The van der Waals surface area contributed by atoms with Crippen molar-refractivity contribution in [3.8, 4) is 0 Å². The van der Waals surface area contributed by atoms with Gasteiger partial charge in [-0.3, -0.25) is 4.98 Å². The summed E-state index contributed by atoms with van der Waals surface area (Å²) in [5, 5.41) is 18.2.